The number of likely N-dealkylation sites (tertiary alicyclic amines) is 1. The van der Waals surface area contributed by atoms with E-state index in [0.29, 0.717) is 25.9 Å². The number of carbonyl (C=O) groups is 2. The summed E-state index contributed by atoms with van der Waals surface area (Å²) in [6, 6.07) is 17.7. The number of nitrogens with one attached hydrogen (secondary N) is 1. The standard InChI is InChI=1S/C25H30N4O2/c30-24(18-20-10-3-1-4-11-20)26-15-9-14-23-27-21-12-5-6-13-22(21)29(23)19-25(31)28-16-7-2-8-17-28/h1,3-6,10-13H,2,7-9,14-19H2,(H,26,30). The number of hydrogen-bond acceptors (Lipinski definition) is 3. The summed E-state index contributed by atoms with van der Waals surface area (Å²) < 4.78 is 2.05. The van der Waals surface area contributed by atoms with Crippen LogP contribution in [-0.2, 0) is 29.0 Å². The molecule has 0 radical (unpaired) electrons. The summed E-state index contributed by atoms with van der Waals surface area (Å²) in [5, 5.41) is 3.00. The van der Waals surface area contributed by atoms with Gasteiger partial charge in [-0.2, -0.15) is 0 Å². The maximum Gasteiger partial charge on any atom is 0.242 e. The lowest BCUT2D eigenvalue weighted by Crippen LogP contribution is -2.38. The van der Waals surface area contributed by atoms with Crippen molar-refractivity contribution in [3.8, 4) is 0 Å². The molecule has 2 aromatic carbocycles. The zero-order chi connectivity index (χ0) is 21.5. The van der Waals surface area contributed by atoms with Gasteiger partial charge in [-0.05, 0) is 43.4 Å². The van der Waals surface area contributed by atoms with Crippen molar-refractivity contribution < 1.29 is 9.59 Å². The van der Waals surface area contributed by atoms with Crippen LogP contribution in [0.15, 0.2) is 54.6 Å². The Labute approximate surface area is 183 Å². The number of amides is 2. The molecule has 0 bridgehead atoms. The number of rotatable bonds is 8. The van der Waals surface area contributed by atoms with Crippen LogP contribution in [-0.4, -0.2) is 45.9 Å². The highest BCUT2D eigenvalue weighted by Gasteiger charge is 2.19. The molecule has 4 rings (SSSR count). The van der Waals surface area contributed by atoms with E-state index < -0.39 is 0 Å². The van der Waals surface area contributed by atoms with Gasteiger partial charge in [0.15, 0.2) is 0 Å². The zero-order valence-corrected chi connectivity index (χ0v) is 17.9. The maximum atomic E-state index is 12.9. The Balaban J connectivity index is 1.36. The Kier molecular flexibility index (Phi) is 6.97. The fraction of sp³-hybridized carbons (Fsp3) is 0.400. The van der Waals surface area contributed by atoms with E-state index in [1.54, 1.807) is 0 Å². The second kappa shape index (κ2) is 10.2. The fourth-order valence-electron chi connectivity index (χ4n) is 4.19. The Morgan fingerprint density at radius 3 is 2.48 bits per heavy atom. The third-order valence-corrected chi connectivity index (χ3v) is 5.84. The molecule has 2 amide bonds. The van der Waals surface area contributed by atoms with Gasteiger partial charge in [0, 0.05) is 26.1 Å². The molecule has 0 unspecified atom stereocenters. The Morgan fingerprint density at radius 1 is 0.935 bits per heavy atom. The van der Waals surface area contributed by atoms with Gasteiger partial charge in [0.2, 0.25) is 11.8 Å². The van der Waals surface area contributed by atoms with E-state index in [4.69, 9.17) is 4.98 Å². The minimum Gasteiger partial charge on any atom is -0.356 e. The number of aromatic nitrogens is 2. The van der Waals surface area contributed by atoms with Crippen LogP contribution in [0.1, 0.15) is 37.1 Å². The van der Waals surface area contributed by atoms with Gasteiger partial charge in [-0.25, -0.2) is 4.98 Å². The SMILES string of the molecule is O=C(Cc1ccccc1)NCCCc1nc2ccccc2n1CC(=O)N1CCCCC1. The fourth-order valence-corrected chi connectivity index (χ4v) is 4.19. The van der Waals surface area contributed by atoms with Crippen molar-refractivity contribution in [1.29, 1.82) is 0 Å². The summed E-state index contributed by atoms with van der Waals surface area (Å²) >= 11 is 0. The first-order chi connectivity index (χ1) is 15.2. The van der Waals surface area contributed by atoms with Gasteiger partial charge in [-0.1, -0.05) is 42.5 Å². The minimum atomic E-state index is 0.0278. The number of benzene rings is 2. The van der Waals surface area contributed by atoms with Gasteiger partial charge in [0.25, 0.3) is 0 Å². The van der Waals surface area contributed by atoms with Gasteiger partial charge in [-0.15, -0.1) is 0 Å². The molecular formula is C25H30N4O2. The van der Waals surface area contributed by atoms with Crippen molar-refractivity contribution in [2.24, 2.45) is 0 Å². The lowest BCUT2D eigenvalue weighted by Gasteiger charge is -2.27. The number of hydrogen-bond donors (Lipinski definition) is 1. The molecule has 6 nitrogen and oxygen atoms in total. The van der Waals surface area contributed by atoms with Crippen molar-refractivity contribution in [2.45, 2.75) is 45.1 Å². The number of aryl methyl sites for hydroxylation is 1. The number of imidazole rings is 1. The first kappa shape index (κ1) is 21.1. The second-order valence-corrected chi connectivity index (χ2v) is 8.16. The highest BCUT2D eigenvalue weighted by atomic mass is 16.2. The summed E-state index contributed by atoms with van der Waals surface area (Å²) in [5.74, 6) is 1.10. The van der Waals surface area contributed by atoms with Gasteiger partial charge in [0.05, 0.1) is 17.5 Å². The van der Waals surface area contributed by atoms with Crippen LogP contribution in [0.3, 0.4) is 0 Å². The van der Waals surface area contributed by atoms with Gasteiger partial charge < -0.3 is 14.8 Å². The van der Waals surface area contributed by atoms with E-state index in [1.807, 2.05) is 59.5 Å². The lowest BCUT2D eigenvalue weighted by molar-refractivity contribution is -0.132. The maximum absolute atomic E-state index is 12.9. The normalized spacial score (nSPS) is 14.0. The van der Waals surface area contributed by atoms with E-state index in [1.165, 1.54) is 6.42 Å². The molecule has 2 heterocycles. The largest absolute Gasteiger partial charge is 0.356 e. The van der Waals surface area contributed by atoms with Crippen molar-refractivity contribution in [2.75, 3.05) is 19.6 Å². The van der Waals surface area contributed by atoms with Gasteiger partial charge in [-0.3, -0.25) is 9.59 Å². The molecule has 0 spiro atoms. The summed E-state index contributed by atoms with van der Waals surface area (Å²) in [5.41, 5.74) is 2.92. The summed E-state index contributed by atoms with van der Waals surface area (Å²) in [4.78, 5) is 31.8. The van der Waals surface area contributed by atoms with Gasteiger partial charge >= 0.3 is 0 Å². The molecule has 1 N–H and O–H groups in total. The second-order valence-electron chi connectivity index (χ2n) is 8.16. The van der Waals surface area contributed by atoms with Crippen LogP contribution in [0.4, 0.5) is 0 Å². The van der Waals surface area contributed by atoms with E-state index >= 15 is 0 Å². The molecule has 6 heteroatoms. The third kappa shape index (κ3) is 5.51. The predicted octanol–water partition coefficient (Wildman–Crippen LogP) is 3.34. The Morgan fingerprint density at radius 2 is 1.68 bits per heavy atom. The number of fused-ring (bicyclic) bond motifs is 1. The van der Waals surface area contributed by atoms with Crippen LogP contribution in [0.2, 0.25) is 0 Å². The average Bonchev–Trinajstić information content (AvgIpc) is 3.15. The molecule has 31 heavy (non-hydrogen) atoms. The molecule has 0 aliphatic carbocycles. The average molecular weight is 419 g/mol. The summed E-state index contributed by atoms with van der Waals surface area (Å²) in [6.07, 6.45) is 5.27. The molecule has 1 aliphatic rings. The topological polar surface area (TPSA) is 67.2 Å². The zero-order valence-electron chi connectivity index (χ0n) is 17.9. The Hall–Kier alpha value is -3.15. The van der Waals surface area contributed by atoms with Crippen LogP contribution < -0.4 is 5.32 Å². The number of piperidine rings is 1. The molecule has 3 aromatic rings. The molecular weight excluding hydrogens is 388 g/mol. The van der Waals surface area contributed by atoms with Crippen molar-refractivity contribution in [1.82, 2.24) is 19.8 Å². The van der Waals surface area contributed by atoms with E-state index in [2.05, 4.69) is 9.88 Å². The lowest BCUT2D eigenvalue weighted by atomic mass is 10.1. The molecule has 1 aliphatic heterocycles. The predicted molar refractivity (Wildman–Crippen MR) is 122 cm³/mol. The minimum absolute atomic E-state index is 0.0278. The number of nitrogens with zero attached hydrogens (tertiary/aromatic N) is 3. The van der Waals surface area contributed by atoms with Gasteiger partial charge in [0.1, 0.15) is 12.4 Å². The number of carbonyl (C=O) groups excluding carboxylic acids is 2. The summed E-state index contributed by atoms with van der Waals surface area (Å²) in [6.45, 7) is 2.63. The molecule has 1 saturated heterocycles. The first-order valence-corrected chi connectivity index (χ1v) is 11.2. The van der Waals surface area contributed by atoms with E-state index in [-0.39, 0.29) is 11.8 Å². The molecule has 0 atom stereocenters. The molecule has 162 valence electrons. The first-order valence-electron chi connectivity index (χ1n) is 11.2. The van der Waals surface area contributed by atoms with Crippen molar-refractivity contribution >= 4 is 22.8 Å². The van der Waals surface area contributed by atoms with Crippen LogP contribution in [0.25, 0.3) is 11.0 Å². The highest BCUT2D eigenvalue weighted by Crippen LogP contribution is 2.18. The Bertz CT molecular complexity index is 1020. The van der Waals surface area contributed by atoms with Crippen molar-refractivity contribution in [3.63, 3.8) is 0 Å². The smallest absolute Gasteiger partial charge is 0.242 e. The summed E-state index contributed by atoms with van der Waals surface area (Å²) in [7, 11) is 0. The van der Waals surface area contributed by atoms with Crippen LogP contribution >= 0.6 is 0 Å². The number of para-hydroxylation sites is 2. The molecule has 1 fully saturated rings. The van der Waals surface area contributed by atoms with Crippen LogP contribution in [0.5, 0.6) is 0 Å². The quantitative estimate of drug-likeness (QED) is 0.571. The van der Waals surface area contributed by atoms with E-state index in [0.717, 1.165) is 54.8 Å². The molecule has 0 saturated carbocycles. The monoisotopic (exact) mass is 418 g/mol. The third-order valence-electron chi connectivity index (χ3n) is 5.84. The van der Waals surface area contributed by atoms with E-state index in [9.17, 15) is 9.59 Å². The molecule has 1 aromatic heterocycles. The highest BCUT2D eigenvalue weighted by molar-refractivity contribution is 5.81. The van der Waals surface area contributed by atoms with Crippen molar-refractivity contribution in [3.05, 3.63) is 66.0 Å². The van der Waals surface area contributed by atoms with Crippen LogP contribution in [0, 0.1) is 0 Å².